The molecule has 2 nitrogen and oxygen atoms in total. The van der Waals surface area contributed by atoms with E-state index in [1.807, 2.05) is 13.8 Å². The summed E-state index contributed by atoms with van der Waals surface area (Å²) in [7, 11) is 1.69. The Morgan fingerprint density at radius 1 is 1.24 bits per heavy atom. The van der Waals surface area contributed by atoms with Crippen LogP contribution in [0.25, 0.3) is 0 Å². The van der Waals surface area contributed by atoms with Crippen LogP contribution in [0.1, 0.15) is 37.0 Å². The van der Waals surface area contributed by atoms with Crippen molar-refractivity contribution in [1.82, 2.24) is 0 Å². The van der Waals surface area contributed by atoms with E-state index in [1.165, 1.54) is 16.7 Å². The molecular formula is C15H24O2. The summed E-state index contributed by atoms with van der Waals surface area (Å²) in [6.07, 6.45) is 0.993. The Bertz CT molecular complexity index is 349. The van der Waals surface area contributed by atoms with E-state index in [4.69, 9.17) is 4.74 Å². The number of rotatable bonds is 5. The highest BCUT2D eigenvalue weighted by atomic mass is 16.5. The summed E-state index contributed by atoms with van der Waals surface area (Å²) in [6.45, 7) is 8.19. The minimum atomic E-state index is -0.357. The van der Waals surface area contributed by atoms with Gasteiger partial charge in [0.1, 0.15) is 0 Å². The first-order valence-electron chi connectivity index (χ1n) is 6.14. The molecule has 1 aromatic carbocycles. The molecule has 2 heteroatoms. The normalized spacial score (nSPS) is 13.8. The highest BCUT2D eigenvalue weighted by molar-refractivity contribution is 5.33. The van der Waals surface area contributed by atoms with Gasteiger partial charge in [-0.3, -0.25) is 0 Å². The van der Waals surface area contributed by atoms with Crippen molar-refractivity contribution in [1.29, 1.82) is 0 Å². The lowest BCUT2D eigenvalue weighted by atomic mass is 9.92. The SMILES string of the molecule is COC(C)(C)CC(O)Cc1c(C)cccc1C. The molecule has 0 aliphatic carbocycles. The van der Waals surface area contributed by atoms with Gasteiger partial charge in [0.05, 0.1) is 11.7 Å². The van der Waals surface area contributed by atoms with Crippen LogP contribution >= 0.6 is 0 Å². The van der Waals surface area contributed by atoms with Crippen LogP contribution in [0.3, 0.4) is 0 Å². The zero-order chi connectivity index (χ0) is 13.1. The average molecular weight is 236 g/mol. The summed E-state index contributed by atoms with van der Waals surface area (Å²) >= 11 is 0. The molecule has 0 heterocycles. The van der Waals surface area contributed by atoms with E-state index in [0.717, 1.165) is 0 Å². The van der Waals surface area contributed by atoms with Gasteiger partial charge in [-0.05, 0) is 50.8 Å². The number of aryl methyl sites for hydroxylation is 2. The molecule has 0 saturated heterocycles. The summed E-state index contributed by atoms with van der Waals surface area (Å²) in [6, 6.07) is 6.24. The van der Waals surface area contributed by atoms with Crippen molar-refractivity contribution in [3.63, 3.8) is 0 Å². The summed E-state index contributed by atoms with van der Waals surface area (Å²) < 4.78 is 5.35. The van der Waals surface area contributed by atoms with E-state index in [9.17, 15) is 5.11 Å². The van der Waals surface area contributed by atoms with Gasteiger partial charge in [-0.1, -0.05) is 18.2 Å². The molecule has 17 heavy (non-hydrogen) atoms. The standard InChI is InChI=1S/C15H24O2/c1-11-7-6-8-12(2)14(11)9-13(16)10-15(3,4)17-5/h6-8,13,16H,9-10H2,1-5H3. The number of aliphatic hydroxyl groups is 1. The van der Waals surface area contributed by atoms with Crippen LogP contribution in [0, 0.1) is 13.8 Å². The van der Waals surface area contributed by atoms with E-state index in [1.54, 1.807) is 7.11 Å². The van der Waals surface area contributed by atoms with Crippen molar-refractivity contribution < 1.29 is 9.84 Å². The monoisotopic (exact) mass is 236 g/mol. The Kier molecular flexibility index (Phi) is 4.72. The van der Waals surface area contributed by atoms with Gasteiger partial charge in [0.2, 0.25) is 0 Å². The molecule has 0 aromatic heterocycles. The molecule has 0 aliphatic heterocycles. The highest BCUT2D eigenvalue weighted by Crippen LogP contribution is 2.21. The lowest BCUT2D eigenvalue weighted by Crippen LogP contribution is -2.30. The molecule has 1 rings (SSSR count). The molecule has 0 amide bonds. The smallest absolute Gasteiger partial charge is 0.0647 e. The van der Waals surface area contributed by atoms with Gasteiger partial charge >= 0.3 is 0 Å². The topological polar surface area (TPSA) is 29.5 Å². The molecule has 0 aliphatic rings. The minimum Gasteiger partial charge on any atom is -0.393 e. The number of aliphatic hydroxyl groups excluding tert-OH is 1. The van der Waals surface area contributed by atoms with Gasteiger partial charge in [-0.2, -0.15) is 0 Å². The number of hydrogen-bond donors (Lipinski definition) is 1. The van der Waals surface area contributed by atoms with Crippen molar-refractivity contribution in [2.24, 2.45) is 0 Å². The molecule has 0 saturated carbocycles. The first-order valence-corrected chi connectivity index (χ1v) is 6.14. The van der Waals surface area contributed by atoms with Crippen molar-refractivity contribution in [3.05, 3.63) is 34.9 Å². The van der Waals surface area contributed by atoms with Crippen molar-refractivity contribution in [2.45, 2.75) is 52.2 Å². The van der Waals surface area contributed by atoms with Crippen LogP contribution < -0.4 is 0 Å². The zero-order valence-electron chi connectivity index (χ0n) is 11.6. The Labute approximate surface area is 105 Å². The maximum Gasteiger partial charge on any atom is 0.0647 e. The van der Waals surface area contributed by atoms with Gasteiger partial charge < -0.3 is 9.84 Å². The summed E-state index contributed by atoms with van der Waals surface area (Å²) in [4.78, 5) is 0. The van der Waals surface area contributed by atoms with E-state index in [2.05, 4.69) is 32.0 Å². The molecule has 0 bridgehead atoms. The van der Waals surface area contributed by atoms with Crippen molar-refractivity contribution in [2.75, 3.05) is 7.11 Å². The zero-order valence-corrected chi connectivity index (χ0v) is 11.6. The van der Waals surface area contributed by atoms with E-state index >= 15 is 0 Å². The molecule has 96 valence electrons. The second-order valence-corrected chi connectivity index (χ2v) is 5.40. The molecule has 0 fully saturated rings. The fourth-order valence-electron chi connectivity index (χ4n) is 2.13. The largest absolute Gasteiger partial charge is 0.393 e. The van der Waals surface area contributed by atoms with Crippen LogP contribution in [-0.4, -0.2) is 23.9 Å². The van der Waals surface area contributed by atoms with E-state index < -0.39 is 0 Å². The van der Waals surface area contributed by atoms with Gasteiger partial charge in [-0.15, -0.1) is 0 Å². The van der Waals surface area contributed by atoms with Crippen LogP contribution in [-0.2, 0) is 11.2 Å². The van der Waals surface area contributed by atoms with Crippen LogP contribution in [0.4, 0.5) is 0 Å². The third kappa shape index (κ3) is 4.14. The first-order chi connectivity index (χ1) is 7.85. The van der Waals surface area contributed by atoms with Crippen LogP contribution in [0.2, 0.25) is 0 Å². The molecule has 1 aromatic rings. The summed E-state index contributed by atoms with van der Waals surface area (Å²) in [5, 5.41) is 10.1. The number of ether oxygens (including phenoxy) is 1. The molecule has 1 unspecified atom stereocenters. The molecule has 0 radical (unpaired) electrons. The Balaban J connectivity index is 2.72. The predicted octanol–water partition coefficient (Wildman–Crippen LogP) is 3.02. The molecular weight excluding hydrogens is 212 g/mol. The number of benzene rings is 1. The second kappa shape index (κ2) is 5.65. The van der Waals surface area contributed by atoms with Crippen LogP contribution in [0.5, 0.6) is 0 Å². The number of methoxy groups -OCH3 is 1. The van der Waals surface area contributed by atoms with Gasteiger partial charge in [0.15, 0.2) is 0 Å². The Morgan fingerprint density at radius 3 is 2.24 bits per heavy atom. The number of hydrogen-bond acceptors (Lipinski definition) is 2. The first kappa shape index (κ1) is 14.2. The van der Waals surface area contributed by atoms with E-state index in [-0.39, 0.29) is 11.7 Å². The van der Waals surface area contributed by atoms with Gasteiger partial charge in [-0.25, -0.2) is 0 Å². The van der Waals surface area contributed by atoms with Crippen molar-refractivity contribution in [3.8, 4) is 0 Å². The fraction of sp³-hybridized carbons (Fsp3) is 0.600. The van der Waals surface area contributed by atoms with Crippen molar-refractivity contribution >= 4 is 0 Å². The average Bonchev–Trinajstić information content (AvgIpc) is 2.23. The summed E-state index contributed by atoms with van der Waals surface area (Å²) in [5.41, 5.74) is 3.49. The maximum atomic E-state index is 10.1. The lowest BCUT2D eigenvalue weighted by molar-refractivity contribution is -0.0191. The lowest BCUT2D eigenvalue weighted by Gasteiger charge is -2.26. The molecule has 1 N–H and O–H groups in total. The quantitative estimate of drug-likeness (QED) is 0.851. The van der Waals surface area contributed by atoms with Gasteiger partial charge in [0, 0.05) is 13.5 Å². The predicted molar refractivity (Wildman–Crippen MR) is 71.3 cm³/mol. The second-order valence-electron chi connectivity index (χ2n) is 5.40. The van der Waals surface area contributed by atoms with Gasteiger partial charge in [0.25, 0.3) is 0 Å². The fourth-order valence-corrected chi connectivity index (χ4v) is 2.13. The Hall–Kier alpha value is -0.860. The molecule has 0 spiro atoms. The highest BCUT2D eigenvalue weighted by Gasteiger charge is 2.22. The Morgan fingerprint density at radius 2 is 1.76 bits per heavy atom. The van der Waals surface area contributed by atoms with Crippen LogP contribution in [0.15, 0.2) is 18.2 Å². The summed E-state index contributed by atoms with van der Waals surface area (Å²) in [5.74, 6) is 0. The van der Waals surface area contributed by atoms with E-state index in [0.29, 0.717) is 12.8 Å². The third-order valence-electron chi connectivity index (χ3n) is 3.36. The minimum absolute atomic E-state index is 0.268. The maximum absolute atomic E-state index is 10.1. The molecule has 1 atom stereocenters. The third-order valence-corrected chi connectivity index (χ3v) is 3.36.